The Morgan fingerprint density at radius 2 is 1.76 bits per heavy atom. The van der Waals surface area contributed by atoms with Crippen LogP contribution in [0.3, 0.4) is 0 Å². The molecule has 0 aromatic heterocycles. The molecule has 7 nitrogen and oxygen atoms in total. The number of carbonyl (C=O) groups excluding carboxylic acids is 3. The fourth-order valence-electron chi connectivity index (χ4n) is 4.67. The molecule has 196 valence electrons. The second-order valence-electron chi connectivity index (χ2n) is 10.5. The van der Waals surface area contributed by atoms with E-state index in [4.69, 9.17) is 4.74 Å². The predicted molar refractivity (Wildman–Crippen MR) is 137 cm³/mol. The highest BCUT2D eigenvalue weighted by atomic mass is 16.5. The number of ether oxygens (including phenoxy) is 1. The molecule has 1 N–H and O–H groups in total. The normalized spacial score (nSPS) is 20.1. The summed E-state index contributed by atoms with van der Waals surface area (Å²) in [5.74, 6) is -0.211. The van der Waals surface area contributed by atoms with Crippen molar-refractivity contribution in [2.45, 2.75) is 112 Å². The summed E-state index contributed by atoms with van der Waals surface area (Å²) in [6.45, 7) is 17.2. The summed E-state index contributed by atoms with van der Waals surface area (Å²) in [7, 11) is 1.76. The van der Waals surface area contributed by atoms with Crippen LogP contribution in [0.4, 0.5) is 0 Å². The van der Waals surface area contributed by atoms with Gasteiger partial charge in [-0.3, -0.25) is 14.5 Å². The van der Waals surface area contributed by atoms with Gasteiger partial charge >= 0.3 is 5.97 Å². The number of piperidine rings is 1. The van der Waals surface area contributed by atoms with Crippen molar-refractivity contribution in [1.29, 1.82) is 0 Å². The van der Waals surface area contributed by atoms with E-state index in [1.165, 1.54) is 0 Å². The molecule has 0 radical (unpaired) electrons. The predicted octanol–water partition coefficient (Wildman–Crippen LogP) is 4.16. The molecule has 1 heterocycles. The van der Waals surface area contributed by atoms with Crippen LogP contribution in [-0.2, 0) is 19.1 Å². The number of likely N-dealkylation sites (tertiary alicyclic amines) is 1. The van der Waals surface area contributed by atoms with Crippen molar-refractivity contribution in [3.63, 3.8) is 0 Å². The molecule has 0 saturated carbocycles. The number of likely N-dealkylation sites (N-methyl/N-ethyl adjacent to an activating group) is 1. The first-order valence-corrected chi connectivity index (χ1v) is 13.1. The molecule has 0 aromatic rings. The van der Waals surface area contributed by atoms with Gasteiger partial charge in [-0.05, 0) is 64.8 Å². The zero-order valence-corrected chi connectivity index (χ0v) is 23.0. The summed E-state index contributed by atoms with van der Waals surface area (Å²) in [5.41, 5.74) is 0.482. The maximum absolute atomic E-state index is 13.6. The van der Waals surface area contributed by atoms with Gasteiger partial charge in [0, 0.05) is 18.7 Å². The summed E-state index contributed by atoms with van der Waals surface area (Å²) in [6.07, 6.45) is 6.32. The van der Waals surface area contributed by atoms with E-state index < -0.39 is 6.04 Å². The first-order valence-electron chi connectivity index (χ1n) is 13.1. The number of nitrogens with zero attached hydrogens (tertiary/aromatic N) is 2. The maximum atomic E-state index is 13.6. The van der Waals surface area contributed by atoms with Crippen LogP contribution in [0.5, 0.6) is 0 Å². The Bertz CT molecular complexity index is 704. The third-order valence-corrected chi connectivity index (χ3v) is 6.82. The molecule has 3 unspecified atom stereocenters. The number of hydrogen-bond donors (Lipinski definition) is 1. The number of carbonyl (C=O) groups is 3. The minimum atomic E-state index is -0.601. The largest absolute Gasteiger partial charge is 0.463 e. The molecular weight excluding hydrogens is 430 g/mol. The van der Waals surface area contributed by atoms with Crippen LogP contribution in [0.1, 0.15) is 87.5 Å². The molecular formula is C27H49N3O4. The quantitative estimate of drug-likeness (QED) is 0.336. The van der Waals surface area contributed by atoms with Gasteiger partial charge in [-0.25, -0.2) is 4.79 Å². The Kier molecular flexibility index (Phi) is 12.9. The summed E-state index contributed by atoms with van der Waals surface area (Å²) in [4.78, 5) is 43.2. The Hall–Kier alpha value is -1.89. The summed E-state index contributed by atoms with van der Waals surface area (Å²) < 4.78 is 5.11. The number of rotatable bonds is 12. The highest BCUT2D eigenvalue weighted by Crippen LogP contribution is 2.22. The van der Waals surface area contributed by atoms with Gasteiger partial charge in [0.05, 0.1) is 18.7 Å². The molecule has 1 fully saturated rings. The van der Waals surface area contributed by atoms with Gasteiger partial charge in [-0.15, -0.1) is 0 Å². The van der Waals surface area contributed by atoms with E-state index in [1.807, 2.05) is 13.8 Å². The number of esters is 1. The molecule has 2 amide bonds. The van der Waals surface area contributed by atoms with Crippen molar-refractivity contribution in [3.8, 4) is 0 Å². The lowest BCUT2D eigenvalue weighted by atomic mass is 9.95. The Morgan fingerprint density at radius 1 is 1.12 bits per heavy atom. The molecule has 34 heavy (non-hydrogen) atoms. The summed E-state index contributed by atoms with van der Waals surface area (Å²) in [6, 6.07) is -0.742. The summed E-state index contributed by atoms with van der Waals surface area (Å²) >= 11 is 0. The number of hydrogen-bond acceptors (Lipinski definition) is 5. The smallest absolute Gasteiger partial charge is 0.333 e. The lowest BCUT2D eigenvalue weighted by molar-refractivity contribution is -0.140. The monoisotopic (exact) mass is 479 g/mol. The average Bonchev–Trinajstić information content (AvgIpc) is 2.79. The third-order valence-electron chi connectivity index (χ3n) is 6.82. The molecule has 0 bridgehead atoms. The molecule has 7 heteroatoms. The van der Waals surface area contributed by atoms with Crippen molar-refractivity contribution in [2.24, 2.45) is 11.8 Å². The minimum absolute atomic E-state index is 0.0493. The summed E-state index contributed by atoms with van der Waals surface area (Å²) in [5, 5.41) is 3.11. The standard InChI is InChI=1S/C27H49N3O4/c1-10-21(8)30-15-13-12-14-23(30)25(31)28-22(16-18(3)4)26(32)29(9)24(19(5)6)17-20(7)27(33)34-11-2/h17-19,21-24H,10-16H2,1-9H3,(H,28,31)/b20-17+/t21?,22?,23?,24-/m1/s1. The first-order chi connectivity index (χ1) is 15.9. The lowest BCUT2D eigenvalue weighted by Crippen LogP contribution is -2.58. The first kappa shape index (κ1) is 30.1. The van der Waals surface area contributed by atoms with Crippen molar-refractivity contribution < 1.29 is 19.1 Å². The van der Waals surface area contributed by atoms with Crippen LogP contribution in [0.2, 0.25) is 0 Å². The van der Waals surface area contributed by atoms with Crippen LogP contribution in [0.25, 0.3) is 0 Å². The van der Waals surface area contributed by atoms with E-state index in [2.05, 4.69) is 37.9 Å². The topological polar surface area (TPSA) is 79.0 Å². The van der Waals surface area contributed by atoms with Crippen LogP contribution < -0.4 is 5.32 Å². The van der Waals surface area contributed by atoms with Crippen molar-refractivity contribution >= 4 is 17.8 Å². The Labute approximate surface area is 207 Å². The van der Waals surface area contributed by atoms with Gasteiger partial charge in [0.25, 0.3) is 0 Å². The molecule has 0 spiro atoms. The van der Waals surface area contributed by atoms with Crippen molar-refractivity contribution in [3.05, 3.63) is 11.6 Å². The molecule has 1 saturated heterocycles. The zero-order chi connectivity index (χ0) is 26.0. The van der Waals surface area contributed by atoms with Crippen molar-refractivity contribution in [1.82, 2.24) is 15.1 Å². The average molecular weight is 480 g/mol. The maximum Gasteiger partial charge on any atom is 0.333 e. The van der Waals surface area contributed by atoms with Gasteiger partial charge in [-0.2, -0.15) is 0 Å². The van der Waals surface area contributed by atoms with Crippen LogP contribution in [-0.4, -0.2) is 72.0 Å². The molecule has 1 aliphatic heterocycles. The molecule has 0 aromatic carbocycles. The van der Waals surface area contributed by atoms with Crippen LogP contribution in [0, 0.1) is 11.8 Å². The fourth-order valence-corrected chi connectivity index (χ4v) is 4.67. The second-order valence-corrected chi connectivity index (χ2v) is 10.5. The molecule has 1 aliphatic rings. The van der Waals surface area contributed by atoms with Gasteiger partial charge in [0.15, 0.2) is 0 Å². The van der Waals surface area contributed by atoms with E-state index in [9.17, 15) is 14.4 Å². The third kappa shape index (κ3) is 8.71. The van der Waals surface area contributed by atoms with Crippen LogP contribution in [0.15, 0.2) is 11.6 Å². The second kappa shape index (κ2) is 14.5. The highest BCUT2D eigenvalue weighted by Gasteiger charge is 2.35. The van der Waals surface area contributed by atoms with E-state index in [0.717, 1.165) is 32.2 Å². The molecule has 4 atom stereocenters. The highest BCUT2D eigenvalue weighted by molar-refractivity contribution is 5.90. The Balaban J connectivity index is 3.11. The number of nitrogens with one attached hydrogen (secondary N) is 1. The van der Waals surface area contributed by atoms with Crippen molar-refractivity contribution in [2.75, 3.05) is 20.2 Å². The van der Waals surface area contributed by atoms with E-state index in [-0.39, 0.29) is 41.7 Å². The Morgan fingerprint density at radius 3 is 2.29 bits per heavy atom. The fraction of sp³-hybridized carbons (Fsp3) is 0.815. The van der Waals surface area contributed by atoms with E-state index in [0.29, 0.717) is 24.6 Å². The van der Waals surface area contributed by atoms with E-state index >= 15 is 0 Å². The minimum Gasteiger partial charge on any atom is -0.463 e. The molecule has 1 rings (SSSR count). The zero-order valence-electron chi connectivity index (χ0n) is 23.0. The van der Waals surface area contributed by atoms with Gasteiger partial charge in [0.2, 0.25) is 11.8 Å². The van der Waals surface area contributed by atoms with Gasteiger partial charge in [-0.1, -0.05) is 47.1 Å². The van der Waals surface area contributed by atoms with E-state index in [1.54, 1.807) is 31.9 Å². The van der Waals surface area contributed by atoms with Gasteiger partial charge < -0.3 is 15.0 Å². The van der Waals surface area contributed by atoms with Gasteiger partial charge in [0.1, 0.15) is 6.04 Å². The number of amides is 2. The molecule has 0 aliphatic carbocycles. The SMILES string of the molecule is CCOC(=O)/C(C)=C/[C@H](C(C)C)N(C)C(=O)C(CC(C)C)NC(=O)C1CCCCN1C(C)CC. The van der Waals surface area contributed by atoms with Crippen LogP contribution >= 0.6 is 0 Å². The lowest BCUT2D eigenvalue weighted by Gasteiger charge is -2.39.